The van der Waals surface area contributed by atoms with Gasteiger partial charge in [-0.1, -0.05) is 23.7 Å². The van der Waals surface area contributed by atoms with Crippen molar-refractivity contribution in [2.24, 2.45) is 0 Å². The molecule has 0 spiro atoms. The molecule has 0 radical (unpaired) electrons. The van der Waals surface area contributed by atoms with Crippen LogP contribution in [0, 0.1) is 13.8 Å². The first-order valence-electron chi connectivity index (χ1n) is 6.56. The fourth-order valence-corrected chi connectivity index (χ4v) is 2.62. The first kappa shape index (κ1) is 13.8. The minimum Gasteiger partial charge on any atom is -0.300 e. The summed E-state index contributed by atoms with van der Waals surface area (Å²) in [6.45, 7) is 4.20. The predicted molar refractivity (Wildman–Crippen MR) is 80.7 cm³/mol. The maximum absolute atomic E-state index is 12.2. The van der Waals surface area contributed by atoms with E-state index in [1.54, 1.807) is 24.4 Å². The number of aryl methyl sites for hydroxylation is 1. The van der Waals surface area contributed by atoms with E-state index in [4.69, 9.17) is 11.6 Å². The second kappa shape index (κ2) is 4.97. The van der Waals surface area contributed by atoms with Crippen molar-refractivity contribution in [3.63, 3.8) is 0 Å². The van der Waals surface area contributed by atoms with Crippen molar-refractivity contribution in [3.05, 3.63) is 57.9 Å². The largest absolute Gasteiger partial charge is 0.300 e. The molecule has 21 heavy (non-hydrogen) atoms. The Morgan fingerprint density at radius 2 is 1.90 bits per heavy atom. The minimum absolute atomic E-state index is 0.312. The molecule has 1 aliphatic rings. The molecule has 0 atom stereocenters. The van der Waals surface area contributed by atoms with Crippen molar-refractivity contribution in [1.82, 2.24) is 4.98 Å². The summed E-state index contributed by atoms with van der Waals surface area (Å²) in [4.78, 5) is 29.8. The highest BCUT2D eigenvalue weighted by molar-refractivity contribution is 6.52. The Balaban J connectivity index is 2.04. The van der Waals surface area contributed by atoms with Crippen LogP contribution in [0.1, 0.15) is 27.0 Å². The molecule has 0 fully saturated rings. The van der Waals surface area contributed by atoms with Crippen LogP contribution in [0.25, 0.3) is 0 Å². The fraction of sp³-hybridized carbons (Fsp3) is 0.188. The van der Waals surface area contributed by atoms with E-state index >= 15 is 0 Å². The van der Waals surface area contributed by atoms with Crippen molar-refractivity contribution in [2.45, 2.75) is 20.4 Å². The van der Waals surface area contributed by atoms with Gasteiger partial charge in [0, 0.05) is 6.20 Å². The number of benzene rings is 1. The summed E-state index contributed by atoms with van der Waals surface area (Å²) < 4.78 is 0. The third kappa shape index (κ3) is 2.21. The van der Waals surface area contributed by atoms with Gasteiger partial charge in [-0.15, -0.1) is 0 Å². The Morgan fingerprint density at radius 1 is 1.14 bits per heavy atom. The first-order chi connectivity index (χ1) is 9.99. The average Bonchev–Trinajstić information content (AvgIpc) is 2.71. The molecule has 2 heterocycles. The Kier molecular flexibility index (Phi) is 3.26. The normalized spacial score (nSPS) is 13.8. The topological polar surface area (TPSA) is 50.3 Å². The number of aromatic nitrogens is 1. The highest BCUT2D eigenvalue weighted by Crippen LogP contribution is 2.35. The van der Waals surface area contributed by atoms with Crippen LogP contribution in [0.3, 0.4) is 0 Å². The Labute approximate surface area is 127 Å². The van der Waals surface area contributed by atoms with Crippen LogP contribution >= 0.6 is 11.6 Å². The molecular formula is C16H13ClN2O2. The van der Waals surface area contributed by atoms with Gasteiger partial charge >= 0.3 is 0 Å². The number of nitrogens with zero attached hydrogens (tertiary/aromatic N) is 2. The van der Waals surface area contributed by atoms with Crippen LogP contribution in [0.4, 0.5) is 5.69 Å². The summed E-state index contributed by atoms with van der Waals surface area (Å²) >= 11 is 5.76. The second-order valence-corrected chi connectivity index (χ2v) is 5.50. The minimum atomic E-state index is -0.492. The molecule has 2 aromatic rings. The van der Waals surface area contributed by atoms with E-state index in [1.165, 1.54) is 4.90 Å². The van der Waals surface area contributed by atoms with Crippen molar-refractivity contribution in [2.75, 3.05) is 4.90 Å². The SMILES string of the molecule is Cc1ccc2c(c1C)N(Cc1ccc(Cl)nc1)C(=O)C2=O. The summed E-state index contributed by atoms with van der Waals surface area (Å²) in [5.74, 6) is -0.941. The highest BCUT2D eigenvalue weighted by atomic mass is 35.5. The summed E-state index contributed by atoms with van der Waals surface area (Å²) in [6.07, 6.45) is 1.61. The highest BCUT2D eigenvalue weighted by Gasteiger charge is 2.37. The van der Waals surface area contributed by atoms with Gasteiger partial charge in [-0.05, 0) is 42.7 Å². The molecule has 0 saturated heterocycles. The van der Waals surface area contributed by atoms with Gasteiger partial charge in [-0.25, -0.2) is 4.98 Å². The maximum Gasteiger partial charge on any atom is 0.299 e. The van der Waals surface area contributed by atoms with Crippen LogP contribution < -0.4 is 4.90 Å². The van der Waals surface area contributed by atoms with Gasteiger partial charge in [0.05, 0.1) is 17.8 Å². The van der Waals surface area contributed by atoms with Crippen molar-refractivity contribution < 1.29 is 9.59 Å². The number of fused-ring (bicyclic) bond motifs is 1. The molecule has 106 valence electrons. The van der Waals surface area contributed by atoms with Crippen LogP contribution in [0.5, 0.6) is 0 Å². The van der Waals surface area contributed by atoms with Gasteiger partial charge in [-0.2, -0.15) is 0 Å². The third-order valence-electron chi connectivity index (χ3n) is 3.79. The van der Waals surface area contributed by atoms with Gasteiger partial charge in [-0.3, -0.25) is 14.5 Å². The van der Waals surface area contributed by atoms with E-state index < -0.39 is 11.7 Å². The number of rotatable bonds is 2. The number of pyridine rings is 1. The lowest BCUT2D eigenvalue weighted by molar-refractivity contribution is -0.114. The van der Waals surface area contributed by atoms with E-state index in [2.05, 4.69) is 4.98 Å². The van der Waals surface area contributed by atoms with E-state index in [0.717, 1.165) is 16.7 Å². The van der Waals surface area contributed by atoms with Crippen LogP contribution in [-0.2, 0) is 11.3 Å². The number of carbonyl (C=O) groups excluding carboxylic acids is 2. The molecule has 3 rings (SSSR count). The molecule has 5 heteroatoms. The average molecular weight is 301 g/mol. The number of carbonyl (C=O) groups is 2. The number of amides is 1. The van der Waals surface area contributed by atoms with E-state index in [1.807, 2.05) is 19.9 Å². The van der Waals surface area contributed by atoms with Crippen molar-refractivity contribution >= 4 is 29.0 Å². The standard InChI is InChI=1S/C16H13ClN2O2/c1-9-3-5-12-14(10(9)2)19(16(21)15(12)20)8-11-4-6-13(17)18-7-11/h3-7H,8H2,1-2H3. The Hall–Kier alpha value is -2.20. The van der Waals surface area contributed by atoms with Gasteiger partial charge in [0.25, 0.3) is 11.7 Å². The molecule has 0 saturated carbocycles. The number of hydrogen-bond acceptors (Lipinski definition) is 3. The lowest BCUT2D eigenvalue weighted by Gasteiger charge is -2.19. The number of halogens is 1. The molecule has 0 unspecified atom stereocenters. The summed E-state index contributed by atoms with van der Waals surface area (Å²) in [6, 6.07) is 7.06. The van der Waals surface area contributed by atoms with Gasteiger partial charge in [0.1, 0.15) is 5.15 Å². The Morgan fingerprint density at radius 3 is 2.57 bits per heavy atom. The van der Waals surface area contributed by atoms with Crippen molar-refractivity contribution in [3.8, 4) is 0 Å². The van der Waals surface area contributed by atoms with E-state index in [0.29, 0.717) is 22.9 Å². The zero-order valence-electron chi connectivity index (χ0n) is 11.7. The molecule has 0 bridgehead atoms. The van der Waals surface area contributed by atoms with Gasteiger partial charge in [0.15, 0.2) is 0 Å². The molecule has 1 aromatic carbocycles. The quantitative estimate of drug-likeness (QED) is 0.632. The zero-order chi connectivity index (χ0) is 15.1. The monoisotopic (exact) mass is 300 g/mol. The lowest BCUT2D eigenvalue weighted by atomic mass is 10.0. The fourth-order valence-electron chi connectivity index (χ4n) is 2.50. The summed E-state index contributed by atoms with van der Waals surface area (Å²) in [7, 11) is 0. The Bertz CT molecular complexity index is 754. The lowest BCUT2D eigenvalue weighted by Crippen LogP contribution is -2.29. The molecular weight excluding hydrogens is 288 g/mol. The predicted octanol–water partition coefficient (Wildman–Crippen LogP) is 3.08. The summed E-state index contributed by atoms with van der Waals surface area (Å²) in [5, 5.41) is 0.398. The van der Waals surface area contributed by atoms with Gasteiger partial charge < -0.3 is 0 Å². The maximum atomic E-state index is 12.2. The smallest absolute Gasteiger partial charge is 0.299 e. The van der Waals surface area contributed by atoms with Crippen molar-refractivity contribution in [1.29, 1.82) is 0 Å². The molecule has 0 aliphatic carbocycles. The van der Waals surface area contributed by atoms with Crippen LogP contribution in [0.15, 0.2) is 30.5 Å². The summed E-state index contributed by atoms with van der Waals surface area (Å²) in [5.41, 5.74) is 4.02. The molecule has 1 aromatic heterocycles. The number of ketones is 1. The number of Topliss-reactive ketones (excluding diaryl/α,β-unsaturated/α-hetero) is 1. The number of anilines is 1. The molecule has 1 aliphatic heterocycles. The van der Waals surface area contributed by atoms with E-state index in [9.17, 15) is 9.59 Å². The zero-order valence-corrected chi connectivity index (χ0v) is 12.4. The molecule has 0 N–H and O–H groups in total. The van der Waals surface area contributed by atoms with Gasteiger partial charge in [0.2, 0.25) is 0 Å². The van der Waals surface area contributed by atoms with Crippen LogP contribution in [0.2, 0.25) is 5.15 Å². The van der Waals surface area contributed by atoms with E-state index in [-0.39, 0.29) is 0 Å². The van der Waals surface area contributed by atoms with Crippen LogP contribution in [-0.4, -0.2) is 16.7 Å². The second-order valence-electron chi connectivity index (χ2n) is 5.11. The molecule has 4 nitrogen and oxygen atoms in total. The number of hydrogen-bond donors (Lipinski definition) is 0. The third-order valence-corrected chi connectivity index (χ3v) is 4.01. The first-order valence-corrected chi connectivity index (χ1v) is 6.93. The molecule has 1 amide bonds.